The molecule has 0 amide bonds. The first-order valence-corrected chi connectivity index (χ1v) is 8.87. The lowest BCUT2D eigenvalue weighted by molar-refractivity contribution is -0.129. The molecule has 3 rings (SSSR count). The van der Waals surface area contributed by atoms with E-state index in [9.17, 15) is 9.90 Å². The summed E-state index contributed by atoms with van der Waals surface area (Å²) in [6.45, 7) is 0.784. The Morgan fingerprint density at radius 3 is 2.14 bits per heavy atom. The van der Waals surface area contributed by atoms with Gasteiger partial charge in [0.25, 0.3) is 0 Å². The van der Waals surface area contributed by atoms with Crippen LogP contribution in [0, 0.1) is 0 Å². The first kappa shape index (κ1) is 19.2. The molecule has 0 aromatic heterocycles. The van der Waals surface area contributed by atoms with Crippen molar-refractivity contribution in [2.24, 2.45) is 5.10 Å². The predicted molar refractivity (Wildman–Crippen MR) is 109 cm³/mol. The second-order valence-electron chi connectivity index (χ2n) is 6.33. The maximum atomic E-state index is 11.3. The molecular formula is C22H22N2O4. The van der Waals surface area contributed by atoms with E-state index in [1.54, 1.807) is 38.4 Å². The highest BCUT2D eigenvalue weighted by Gasteiger charge is 2.13. The Labute approximate surface area is 163 Å². The van der Waals surface area contributed by atoms with Gasteiger partial charge in [0.15, 0.2) is 5.71 Å². The van der Waals surface area contributed by atoms with Crippen LogP contribution in [0.4, 0.5) is 0 Å². The summed E-state index contributed by atoms with van der Waals surface area (Å²) in [6, 6.07) is 20.9. The Kier molecular flexibility index (Phi) is 6.11. The molecule has 0 saturated heterocycles. The summed E-state index contributed by atoms with van der Waals surface area (Å²) >= 11 is 0. The van der Waals surface area contributed by atoms with Gasteiger partial charge in [-0.1, -0.05) is 30.3 Å². The molecule has 0 spiro atoms. The number of hydrogen-bond acceptors (Lipinski definition) is 5. The van der Waals surface area contributed by atoms with Crippen LogP contribution in [0.25, 0.3) is 10.8 Å². The Balaban J connectivity index is 1.54. The van der Waals surface area contributed by atoms with Gasteiger partial charge in [0, 0.05) is 19.7 Å². The Bertz CT molecular complexity index is 981. The number of benzene rings is 3. The van der Waals surface area contributed by atoms with Gasteiger partial charge in [-0.2, -0.15) is 5.10 Å². The highest BCUT2D eigenvalue weighted by atomic mass is 16.5. The highest BCUT2D eigenvalue weighted by Crippen LogP contribution is 2.20. The van der Waals surface area contributed by atoms with E-state index < -0.39 is 5.97 Å². The van der Waals surface area contributed by atoms with Crippen LogP contribution in [-0.2, 0) is 4.79 Å². The topological polar surface area (TPSA) is 71.4 Å². The quantitative estimate of drug-likeness (QED) is 0.368. The predicted octanol–water partition coefficient (Wildman–Crippen LogP) is 3.65. The molecule has 144 valence electrons. The third kappa shape index (κ3) is 5.01. The van der Waals surface area contributed by atoms with E-state index in [-0.39, 0.29) is 5.71 Å². The van der Waals surface area contributed by atoms with Crippen molar-refractivity contribution in [1.82, 2.24) is 5.01 Å². The summed E-state index contributed by atoms with van der Waals surface area (Å²) in [5.41, 5.74) is 0.497. The van der Waals surface area contributed by atoms with Gasteiger partial charge in [-0.3, -0.25) is 0 Å². The molecule has 0 saturated carbocycles. The van der Waals surface area contributed by atoms with E-state index in [0.29, 0.717) is 24.5 Å². The summed E-state index contributed by atoms with van der Waals surface area (Å²) in [5, 5.41) is 17.0. The summed E-state index contributed by atoms with van der Waals surface area (Å²) in [6.07, 6.45) is 0. The number of aliphatic carboxylic acids is 1. The van der Waals surface area contributed by atoms with Crippen LogP contribution >= 0.6 is 0 Å². The van der Waals surface area contributed by atoms with Gasteiger partial charge in [0.1, 0.15) is 24.7 Å². The zero-order valence-electron chi connectivity index (χ0n) is 15.8. The number of ether oxygens (including phenoxy) is 2. The van der Waals surface area contributed by atoms with Gasteiger partial charge in [-0.25, -0.2) is 4.79 Å². The van der Waals surface area contributed by atoms with E-state index in [2.05, 4.69) is 11.2 Å². The van der Waals surface area contributed by atoms with E-state index in [1.165, 1.54) is 10.4 Å². The van der Waals surface area contributed by atoms with Gasteiger partial charge in [-0.15, -0.1) is 0 Å². The molecule has 0 fully saturated rings. The number of carboxylic acid groups (broad SMARTS) is 1. The number of hydrazone groups is 1. The molecule has 3 aromatic rings. The Morgan fingerprint density at radius 2 is 1.50 bits per heavy atom. The van der Waals surface area contributed by atoms with Crippen molar-refractivity contribution in [2.75, 3.05) is 27.3 Å². The second-order valence-corrected chi connectivity index (χ2v) is 6.33. The monoisotopic (exact) mass is 378 g/mol. The van der Waals surface area contributed by atoms with Crippen molar-refractivity contribution in [3.05, 3.63) is 72.3 Å². The molecule has 0 unspecified atom stereocenters. The lowest BCUT2D eigenvalue weighted by atomic mass is 10.1. The Morgan fingerprint density at radius 1 is 0.893 bits per heavy atom. The number of hydrogen-bond donors (Lipinski definition) is 1. The van der Waals surface area contributed by atoms with Crippen LogP contribution in [0.3, 0.4) is 0 Å². The van der Waals surface area contributed by atoms with Crippen molar-refractivity contribution in [1.29, 1.82) is 0 Å². The van der Waals surface area contributed by atoms with Crippen LogP contribution in [0.2, 0.25) is 0 Å². The molecule has 0 heterocycles. The maximum absolute atomic E-state index is 11.3. The van der Waals surface area contributed by atoms with E-state index >= 15 is 0 Å². The van der Waals surface area contributed by atoms with Gasteiger partial charge < -0.3 is 19.6 Å². The lowest BCUT2D eigenvalue weighted by Gasteiger charge is -2.10. The fourth-order valence-electron chi connectivity index (χ4n) is 2.71. The molecule has 6 heteroatoms. The minimum Gasteiger partial charge on any atom is -0.490 e. The van der Waals surface area contributed by atoms with Crippen LogP contribution in [0.5, 0.6) is 11.5 Å². The van der Waals surface area contributed by atoms with E-state index in [0.717, 1.165) is 11.1 Å². The molecule has 0 aliphatic rings. The fourth-order valence-corrected chi connectivity index (χ4v) is 2.71. The van der Waals surface area contributed by atoms with Gasteiger partial charge in [0.2, 0.25) is 0 Å². The minimum absolute atomic E-state index is 0.0174. The normalized spacial score (nSPS) is 11.3. The van der Waals surface area contributed by atoms with Crippen LogP contribution in [0.1, 0.15) is 5.56 Å². The maximum Gasteiger partial charge on any atom is 0.356 e. The first-order chi connectivity index (χ1) is 13.5. The number of carboxylic acids is 1. The van der Waals surface area contributed by atoms with E-state index in [4.69, 9.17) is 9.47 Å². The molecule has 3 aromatic carbocycles. The van der Waals surface area contributed by atoms with Gasteiger partial charge in [0.05, 0.1) is 0 Å². The van der Waals surface area contributed by atoms with Crippen molar-refractivity contribution in [3.8, 4) is 11.5 Å². The van der Waals surface area contributed by atoms with Gasteiger partial charge in [-0.05, 0) is 47.2 Å². The average molecular weight is 378 g/mol. The molecule has 0 aliphatic heterocycles. The average Bonchev–Trinajstić information content (AvgIpc) is 2.69. The van der Waals surface area contributed by atoms with E-state index in [1.807, 2.05) is 36.4 Å². The summed E-state index contributed by atoms with van der Waals surface area (Å²) < 4.78 is 11.4. The molecule has 28 heavy (non-hydrogen) atoms. The zero-order valence-corrected chi connectivity index (χ0v) is 15.8. The number of carbonyl (C=O) groups is 1. The lowest BCUT2D eigenvalue weighted by Crippen LogP contribution is -2.19. The molecule has 0 aliphatic carbocycles. The fraction of sp³-hybridized carbons (Fsp3) is 0.182. The molecule has 0 bridgehead atoms. The summed E-state index contributed by atoms with van der Waals surface area (Å²) in [5.74, 6) is 0.357. The van der Waals surface area contributed by atoms with Crippen LogP contribution in [-0.4, -0.2) is 49.1 Å². The third-order valence-corrected chi connectivity index (χ3v) is 3.97. The van der Waals surface area contributed by atoms with Crippen molar-refractivity contribution in [2.45, 2.75) is 0 Å². The summed E-state index contributed by atoms with van der Waals surface area (Å²) in [7, 11) is 3.35. The highest BCUT2D eigenvalue weighted by molar-refractivity contribution is 6.42. The zero-order chi connectivity index (χ0) is 19.9. The van der Waals surface area contributed by atoms with Crippen LogP contribution < -0.4 is 9.47 Å². The third-order valence-electron chi connectivity index (χ3n) is 3.97. The Hall–Kier alpha value is -3.54. The van der Waals surface area contributed by atoms with Crippen molar-refractivity contribution in [3.63, 3.8) is 0 Å². The summed E-state index contributed by atoms with van der Waals surface area (Å²) in [4.78, 5) is 11.3. The van der Waals surface area contributed by atoms with Crippen LogP contribution in [0.15, 0.2) is 71.8 Å². The molecule has 0 radical (unpaired) electrons. The number of nitrogens with zero attached hydrogens (tertiary/aromatic N) is 2. The largest absolute Gasteiger partial charge is 0.490 e. The SMILES string of the molecule is CN(C)/N=C(\C(=O)O)c1ccc(OCCOc2ccc3ccccc3c2)cc1. The van der Waals surface area contributed by atoms with Crippen molar-refractivity contribution < 1.29 is 19.4 Å². The second kappa shape index (κ2) is 8.90. The standard InChI is InChI=1S/C22H22N2O4/c1-24(2)23-21(22(25)26)17-8-10-19(11-9-17)27-13-14-28-20-12-7-16-5-3-4-6-18(16)15-20/h3-12,15H,13-14H2,1-2H3,(H,25,26)/b23-21-. The number of fused-ring (bicyclic) bond motifs is 1. The van der Waals surface area contributed by atoms with Crippen molar-refractivity contribution >= 4 is 22.5 Å². The number of rotatable bonds is 8. The molecular weight excluding hydrogens is 356 g/mol. The van der Waals surface area contributed by atoms with Gasteiger partial charge >= 0.3 is 5.97 Å². The molecule has 6 nitrogen and oxygen atoms in total. The molecule has 0 atom stereocenters. The minimum atomic E-state index is -1.08. The molecule has 1 N–H and O–H groups in total. The smallest absolute Gasteiger partial charge is 0.356 e. The first-order valence-electron chi connectivity index (χ1n) is 8.87.